The highest BCUT2D eigenvalue weighted by Gasteiger charge is 2.16. The molecule has 1 aromatic rings. The third-order valence-electron chi connectivity index (χ3n) is 2.94. The first-order valence-electron chi connectivity index (χ1n) is 6.86. The van der Waals surface area contributed by atoms with Crippen molar-refractivity contribution in [1.29, 1.82) is 0 Å². The topological polar surface area (TPSA) is 39.7 Å². The van der Waals surface area contributed by atoms with Gasteiger partial charge < -0.3 is 19.5 Å². The van der Waals surface area contributed by atoms with Crippen LogP contribution >= 0.6 is 0 Å². The number of hydrogen-bond donors (Lipinski definition) is 1. The normalized spacial score (nSPS) is 12.4. The first-order chi connectivity index (χ1) is 9.72. The van der Waals surface area contributed by atoms with E-state index in [1.165, 1.54) is 13.2 Å². The van der Waals surface area contributed by atoms with Gasteiger partial charge in [-0.25, -0.2) is 4.39 Å². The summed E-state index contributed by atoms with van der Waals surface area (Å²) in [5.74, 6) is 0.231. The van der Waals surface area contributed by atoms with Crippen LogP contribution in [0.25, 0.3) is 0 Å². The molecule has 0 amide bonds. The number of methoxy groups -OCH3 is 2. The van der Waals surface area contributed by atoms with Crippen LogP contribution in [0.4, 0.5) is 4.39 Å². The van der Waals surface area contributed by atoms with Gasteiger partial charge in [0, 0.05) is 18.7 Å². The molecule has 0 aliphatic carbocycles. The van der Waals surface area contributed by atoms with Crippen LogP contribution in [0.5, 0.6) is 5.75 Å². The highest BCUT2D eigenvalue weighted by Crippen LogP contribution is 2.22. The van der Waals surface area contributed by atoms with Crippen LogP contribution < -0.4 is 10.1 Å². The second-order valence-electron chi connectivity index (χ2n) is 4.46. The second kappa shape index (κ2) is 9.69. The number of benzene rings is 1. The highest BCUT2D eigenvalue weighted by molar-refractivity contribution is 5.31. The molecule has 4 nitrogen and oxygen atoms in total. The summed E-state index contributed by atoms with van der Waals surface area (Å²) in [6, 6.07) is 4.72. The molecule has 0 aliphatic rings. The van der Waals surface area contributed by atoms with Crippen LogP contribution in [0.15, 0.2) is 18.2 Å². The van der Waals surface area contributed by atoms with Crippen LogP contribution in [0, 0.1) is 5.82 Å². The van der Waals surface area contributed by atoms with Crippen LogP contribution in [-0.2, 0) is 9.47 Å². The van der Waals surface area contributed by atoms with E-state index in [0.29, 0.717) is 31.1 Å². The molecule has 114 valence electrons. The smallest absolute Gasteiger partial charge is 0.131 e. The molecule has 0 saturated heterocycles. The summed E-state index contributed by atoms with van der Waals surface area (Å²) < 4.78 is 29.5. The van der Waals surface area contributed by atoms with E-state index in [4.69, 9.17) is 14.2 Å². The van der Waals surface area contributed by atoms with Gasteiger partial charge in [-0.15, -0.1) is 0 Å². The molecule has 0 fully saturated rings. The van der Waals surface area contributed by atoms with E-state index in [1.807, 2.05) is 0 Å². The van der Waals surface area contributed by atoms with Crippen molar-refractivity contribution in [1.82, 2.24) is 5.32 Å². The Morgan fingerprint density at radius 1 is 1.25 bits per heavy atom. The van der Waals surface area contributed by atoms with Crippen molar-refractivity contribution >= 4 is 0 Å². The lowest BCUT2D eigenvalue weighted by atomic mass is 10.1. The van der Waals surface area contributed by atoms with E-state index in [2.05, 4.69) is 12.2 Å². The summed E-state index contributed by atoms with van der Waals surface area (Å²) in [6.07, 6.45) is 0.979. The van der Waals surface area contributed by atoms with E-state index in [-0.39, 0.29) is 11.9 Å². The predicted octanol–water partition coefficient (Wildman–Crippen LogP) is 2.54. The molecule has 0 saturated carbocycles. The molecule has 0 radical (unpaired) electrons. The summed E-state index contributed by atoms with van der Waals surface area (Å²) in [7, 11) is 3.15. The maximum atomic E-state index is 14.1. The maximum Gasteiger partial charge on any atom is 0.131 e. The number of rotatable bonds is 10. The van der Waals surface area contributed by atoms with E-state index >= 15 is 0 Å². The molecule has 1 unspecified atom stereocenters. The zero-order valence-corrected chi connectivity index (χ0v) is 12.4. The molecule has 0 aliphatic heterocycles. The van der Waals surface area contributed by atoms with Crippen molar-refractivity contribution in [2.24, 2.45) is 0 Å². The first kappa shape index (κ1) is 16.9. The molecule has 0 bridgehead atoms. The molecule has 20 heavy (non-hydrogen) atoms. The summed E-state index contributed by atoms with van der Waals surface area (Å²) >= 11 is 0. The van der Waals surface area contributed by atoms with E-state index in [0.717, 1.165) is 13.0 Å². The minimum absolute atomic E-state index is 0.169. The SMILES string of the molecule is CCCNC(COCCOC)c1ccc(OC)cc1F. The summed E-state index contributed by atoms with van der Waals surface area (Å²) in [6.45, 7) is 4.32. The Labute approximate surface area is 120 Å². The van der Waals surface area contributed by atoms with Gasteiger partial charge in [-0.1, -0.05) is 13.0 Å². The maximum absolute atomic E-state index is 14.1. The quantitative estimate of drug-likeness (QED) is 0.671. The zero-order valence-electron chi connectivity index (χ0n) is 12.4. The van der Waals surface area contributed by atoms with Crippen molar-refractivity contribution in [3.8, 4) is 5.75 Å². The lowest BCUT2D eigenvalue weighted by Crippen LogP contribution is -2.27. The third kappa shape index (κ3) is 5.45. The molecule has 0 heterocycles. The molecule has 5 heteroatoms. The zero-order chi connectivity index (χ0) is 14.8. The molecule has 1 rings (SSSR count). The molecule has 0 aromatic heterocycles. The average Bonchev–Trinajstić information content (AvgIpc) is 2.47. The lowest BCUT2D eigenvalue weighted by molar-refractivity contribution is 0.0581. The van der Waals surface area contributed by atoms with Gasteiger partial charge in [0.05, 0.1) is 33.0 Å². The van der Waals surface area contributed by atoms with Crippen molar-refractivity contribution < 1.29 is 18.6 Å². The van der Waals surface area contributed by atoms with Crippen LogP contribution in [0.3, 0.4) is 0 Å². The van der Waals surface area contributed by atoms with E-state index < -0.39 is 0 Å². The van der Waals surface area contributed by atoms with E-state index in [9.17, 15) is 4.39 Å². The van der Waals surface area contributed by atoms with Crippen LogP contribution in [-0.4, -0.2) is 40.6 Å². The largest absolute Gasteiger partial charge is 0.497 e. The van der Waals surface area contributed by atoms with E-state index in [1.54, 1.807) is 19.2 Å². The fourth-order valence-corrected chi connectivity index (χ4v) is 1.84. The predicted molar refractivity (Wildman–Crippen MR) is 76.7 cm³/mol. The minimum Gasteiger partial charge on any atom is -0.497 e. The number of nitrogens with one attached hydrogen (secondary N) is 1. The first-order valence-corrected chi connectivity index (χ1v) is 6.86. The van der Waals surface area contributed by atoms with Gasteiger partial charge in [-0.2, -0.15) is 0 Å². The van der Waals surface area contributed by atoms with Gasteiger partial charge in [0.2, 0.25) is 0 Å². The Balaban J connectivity index is 2.70. The minimum atomic E-state index is -0.284. The third-order valence-corrected chi connectivity index (χ3v) is 2.94. The summed E-state index contributed by atoms with van der Waals surface area (Å²) in [4.78, 5) is 0. The van der Waals surface area contributed by atoms with Crippen molar-refractivity contribution in [3.05, 3.63) is 29.6 Å². The molecule has 1 atom stereocenters. The summed E-state index contributed by atoms with van der Waals surface area (Å²) in [5, 5.41) is 3.29. The Hall–Kier alpha value is -1.17. The lowest BCUT2D eigenvalue weighted by Gasteiger charge is -2.20. The Morgan fingerprint density at radius 2 is 2.05 bits per heavy atom. The molecule has 0 spiro atoms. The number of halogens is 1. The van der Waals surface area contributed by atoms with Crippen LogP contribution in [0.2, 0.25) is 0 Å². The molecule has 1 aromatic carbocycles. The van der Waals surface area contributed by atoms with Gasteiger partial charge in [0.25, 0.3) is 0 Å². The van der Waals surface area contributed by atoms with Crippen molar-refractivity contribution in [2.45, 2.75) is 19.4 Å². The number of hydrogen-bond acceptors (Lipinski definition) is 4. The van der Waals surface area contributed by atoms with Crippen molar-refractivity contribution in [2.75, 3.05) is 40.6 Å². The number of ether oxygens (including phenoxy) is 3. The Kier molecular flexibility index (Phi) is 8.18. The van der Waals surface area contributed by atoms with Crippen LogP contribution in [0.1, 0.15) is 24.9 Å². The second-order valence-corrected chi connectivity index (χ2v) is 4.46. The fraction of sp³-hybridized carbons (Fsp3) is 0.600. The monoisotopic (exact) mass is 285 g/mol. The van der Waals surface area contributed by atoms with Gasteiger partial charge in [0.15, 0.2) is 0 Å². The van der Waals surface area contributed by atoms with Gasteiger partial charge in [-0.05, 0) is 19.0 Å². The van der Waals surface area contributed by atoms with Gasteiger partial charge in [-0.3, -0.25) is 0 Å². The molecular weight excluding hydrogens is 261 g/mol. The Bertz CT molecular complexity index is 387. The Morgan fingerprint density at radius 3 is 2.65 bits per heavy atom. The summed E-state index contributed by atoms with van der Waals surface area (Å²) in [5.41, 5.74) is 0.594. The fourth-order valence-electron chi connectivity index (χ4n) is 1.84. The van der Waals surface area contributed by atoms with Gasteiger partial charge >= 0.3 is 0 Å². The molecular formula is C15H24FNO3. The molecule has 1 N–H and O–H groups in total. The van der Waals surface area contributed by atoms with Gasteiger partial charge in [0.1, 0.15) is 11.6 Å². The highest BCUT2D eigenvalue weighted by atomic mass is 19.1. The standard InChI is InChI=1S/C15H24FNO3/c1-4-7-17-15(11-20-9-8-18-2)13-6-5-12(19-3)10-14(13)16/h5-6,10,15,17H,4,7-9,11H2,1-3H3. The van der Waals surface area contributed by atoms with Crippen molar-refractivity contribution in [3.63, 3.8) is 0 Å². The average molecular weight is 285 g/mol.